The average molecular weight is 1390 g/mol. The number of carbonyl (C=O) groups is 1. The summed E-state index contributed by atoms with van der Waals surface area (Å²) >= 11 is 0. The number of ether oxygens (including phenoxy) is 8. The van der Waals surface area contributed by atoms with Crippen LogP contribution in [0.15, 0.2) is 0 Å². The Balaban J connectivity index is 0.000000561. The van der Waals surface area contributed by atoms with E-state index in [1.54, 1.807) is 0 Å². The Hall–Kier alpha value is -0.850. The molecule has 10 heteroatoms. The molecule has 586 valence electrons. The summed E-state index contributed by atoms with van der Waals surface area (Å²) in [4.78, 5) is 10.4. The lowest BCUT2D eigenvalue weighted by atomic mass is 9.74. The van der Waals surface area contributed by atoms with Crippen LogP contribution in [0.2, 0.25) is 0 Å². The Kier molecular flexibility index (Phi) is 44.3. The van der Waals surface area contributed by atoms with Crippen LogP contribution in [0, 0.1) is 71.0 Å². The first-order valence-electron chi connectivity index (χ1n) is 41.3. The van der Waals surface area contributed by atoms with Crippen LogP contribution >= 0.6 is 0 Å². The van der Waals surface area contributed by atoms with Gasteiger partial charge < -0.3 is 43.0 Å². The highest BCUT2D eigenvalue weighted by molar-refractivity contribution is 5.67. The summed E-state index contributed by atoms with van der Waals surface area (Å²) in [6.07, 6.45) is 38.1. The summed E-state index contributed by atoms with van der Waals surface area (Å²) in [5.74, 6) is 9.44. The molecule has 8 aliphatic rings. The minimum Gasteiger partial charge on any atom is -0.481 e. The van der Waals surface area contributed by atoms with Crippen molar-refractivity contribution in [1.82, 2.24) is 0 Å². The minimum atomic E-state index is -0.676. The highest BCUT2D eigenvalue weighted by atomic mass is 16.5. The molecule has 8 fully saturated rings. The van der Waals surface area contributed by atoms with Crippen LogP contribution < -0.4 is 0 Å². The summed E-state index contributed by atoms with van der Waals surface area (Å²) in [6.45, 7) is 70.8. The quantitative estimate of drug-likeness (QED) is 0.151. The van der Waals surface area contributed by atoms with Gasteiger partial charge in [0.1, 0.15) is 0 Å². The zero-order valence-corrected chi connectivity index (χ0v) is 71.5. The van der Waals surface area contributed by atoms with Gasteiger partial charge in [-0.15, -0.1) is 0 Å². The monoisotopic (exact) mass is 1390 g/mol. The molecule has 8 saturated carbocycles. The van der Waals surface area contributed by atoms with Gasteiger partial charge in [-0.2, -0.15) is 0 Å². The van der Waals surface area contributed by atoms with Crippen molar-refractivity contribution in [2.24, 2.45) is 71.0 Å². The topological polar surface area (TPSA) is 111 Å². The second kappa shape index (κ2) is 45.6. The molecule has 0 aromatic heterocycles. The Bertz CT molecular complexity index is 1940. The summed E-state index contributed by atoms with van der Waals surface area (Å²) in [7, 11) is 0. The van der Waals surface area contributed by atoms with Crippen molar-refractivity contribution in [3.05, 3.63) is 0 Å². The molecule has 0 radical (unpaired) electrons. The van der Waals surface area contributed by atoms with Crippen molar-refractivity contribution < 1.29 is 47.8 Å². The highest BCUT2D eigenvalue weighted by Crippen LogP contribution is 2.39. The van der Waals surface area contributed by atoms with E-state index in [1.165, 1.54) is 161 Å². The predicted molar refractivity (Wildman–Crippen MR) is 420 cm³/mol. The third-order valence-electron chi connectivity index (χ3n) is 20.5. The number of hydrogen-bond acceptors (Lipinski definition) is 9. The smallest absolute Gasteiger partial charge is 0.303 e. The van der Waals surface area contributed by atoms with Crippen molar-refractivity contribution in [3.8, 4) is 0 Å². The Morgan fingerprint density at radius 3 is 0.796 bits per heavy atom. The van der Waals surface area contributed by atoms with Crippen molar-refractivity contribution in [2.45, 2.75) is 464 Å². The normalized spacial score (nSPS) is 30.6. The fourth-order valence-electron chi connectivity index (χ4n) is 14.4. The van der Waals surface area contributed by atoms with Crippen LogP contribution in [0.4, 0.5) is 0 Å². The van der Waals surface area contributed by atoms with Crippen LogP contribution in [-0.4, -0.2) is 107 Å². The van der Waals surface area contributed by atoms with E-state index in [0.29, 0.717) is 42.7 Å². The molecule has 0 bridgehead atoms. The van der Waals surface area contributed by atoms with E-state index in [-0.39, 0.29) is 44.8 Å². The lowest BCUT2D eigenvalue weighted by molar-refractivity contribution is -0.139. The molecule has 98 heavy (non-hydrogen) atoms. The van der Waals surface area contributed by atoms with Crippen LogP contribution in [0.3, 0.4) is 0 Å². The molecule has 0 aromatic rings. The maximum atomic E-state index is 10.4. The van der Waals surface area contributed by atoms with Gasteiger partial charge in [0.2, 0.25) is 0 Å². The van der Waals surface area contributed by atoms with Gasteiger partial charge >= 0.3 is 5.97 Å². The molecular weight excluding hydrogens is 1220 g/mol. The molecule has 0 unspecified atom stereocenters. The summed E-state index contributed by atoms with van der Waals surface area (Å²) in [5, 5.41) is 8.56. The van der Waals surface area contributed by atoms with Gasteiger partial charge in [-0.05, 0) is 366 Å². The third-order valence-corrected chi connectivity index (χ3v) is 20.5. The van der Waals surface area contributed by atoms with E-state index in [1.807, 2.05) is 20.8 Å². The van der Waals surface area contributed by atoms with Gasteiger partial charge in [-0.1, -0.05) is 93.4 Å². The molecule has 0 aliphatic heterocycles. The zero-order chi connectivity index (χ0) is 75.1. The van der Waals surface area contributed by atoms with E-state index in [2.05, 4.69) is 194 Å². The maximum Gasteiger partial charge on any atom is 0.303 e. The van der Waals surface area contributed by atoms with Gasteiger partial charge in [0.25, 0.3) is 0 Å². The fourth-order valence-corrected chi connectivity index (χ4v) is 14.4. The van der Waals surface area contributed by atoms with Crippen LogP contribution in [0.5, 0.6) is 0 Å². The molecule has 0 spiro atoms. The number of rotatable bonds is 17. The Morgan fingerprint density at radius 1 is 0.265 bits per heavy atom. The summed E-state index contributed by atoms with van der Waals surface area (Å²) in [5.41, 5.74) is 0.282. The first-order chi connectivity index (χ1) is 44.8. The van der Waals surface area contributed by atoms with Gasteiger partial charge in [0.05, 0.1) is 95.7 Å². The minimum absolute atomic E-state index is 0.0433. The van der Waals surface area contributed by atoms with E-state index < -0.39 is 5.97 Å². The van der Waals surface area contributed by atoms with Crippen LogP contribution in [-0.2, 0) is 42.7 Å². The van der Waals surface area contributed by atoms with E-state index in [0.717, 1.165) is 98.4 Å². The van der Waals surface area contributed by atoms with Crippen molar-refractivity contribution in [2.75, 3.05) is 26.4 Å². The molecule has 0 saturated heterocycles. The van der Waals surface area contributed by atoms with Gasteiger partial charge in [-0.25, -0.2) is 0 Å². The predicted octanol–water partition coefficient (Wildman–Crippen LogP) is 25.5. The fraction of sp³-hybridized carbons (Fsp3) is 0.989. The maximum absolute atomic E-state index is 10.4. The molecule has 0 aromatic carbocycles. The van der Waals surface area contributed by atoms with Crippen LogP contribution in [0.25, 0.3) is 0 Å². The lowest BCUT2D eigenvalue weighted by Crippen LogP contribution is -2.37. The number of carboxylic acid groups (broad SMARTS) is 1. The summed E-state index contributed by atoms with van der Waals surface area (Å²) < 4.78 is 46.4. The highest BCUT2D eigenvalue weighted by Gasteiger charge is 2.34. The number of aliphatic carboxylic acids is 1. The molecule has 0 heterocycles. The first-order valence-corrected chi connectivity index (χ1v) is 41.3. The standard InChI is InChI=1S/C13H26O.2C12H24O.C11H20O3.C11H22O.2C10H20O.C9H18O/c1-5-11-6-8-12(9-7-11)10-14-13(2,3)4;1-10-5-7-11(8-6-10)9-13-12(2,3)4;1-5-10-6-8-11(9-7-10)13-12(2,3)4;1-11(2,3)14-7-9-4-8(5-9)6-10(12)13;1-9-5-7-10(8-6-9)12-11(2,3)4;1-8-5-9(6-8)7-11-10(2,3)4;1-5-8-6-9(7-8)11-10(2,3)4;1-7-5-8(6-7)10-9(2,3)4/h11-12H,5-10H2,1-4H3;2*10-11H,5-9H2,1-4H3;8-9H,4-7H2,1-3H3,(H,12,13);9-10H,5-8H2,1-4H3;2*8-9H,5-7H2,1-4H3;7-8H,5-6H2,1-4H3. The average Bonchev–Trinajstić information content (AvgIpc) is 0.874. The number of hydrogen-bond donors (Lipinski definition) is 1. The van der Waals surface area contributed by atoms with Gasteiger partial charge in [0, 0.05) is 6.42 Å². The largest absolute Gasteiger partial charge is 0.481 e. The van der Waals surface area contributed by atoms with Crippen molar-refractivity contribution in [3.63, 3.8) is 0 Å². The van der Waals surface area contributed by atoms with Crippen LogP contribution in [0.1, 0.15) is 394 Å². The second-order valence-electron chi connectivity index (χ2n) is 40.8. The first kappa shape index (κ1) is 95.2. The SMILES string of the molecule is CC(C)(C)OCC1CC(CC(=O)O)C1.CC1CC(COC(C)(C)C)C1.CC1CC(OC(C)(C)C)C1.CC1CCC(COC(C)(C)C)CC1.CC1CCC(OC(C)(C)C)CC1.CCC1CC(OC(C)(C)C)C1.CCC1CCC(COC(C)(C)C)CC1.CCC1CCC(OC(C)(C)C)CC1. The van der Waals surface area contributed by atoms with Gasteiger partial charge in [-0.3, -0.25) is 4.79 Å². The van der Waals surface area contributed by atoms with Gasteiger partial charge in [0.15, 0.2) is 0 Å². The van der Waals surface area contributed by atoms with Crippen molar-refractivity contribution in [1.29, 1.82) is 0 Å². The van der Waals surface area contributed by atoms with E-state index in [9.17, 15) is 4.79 Å². The Morgan fingerprint density at radius 2 is 0.510 bits per heavy atom. The summed E-state index contributed by atoms with van der Waals surface area (Å²) in [6, 6.07) is 0. The van der Waals surface area contributed by atoms with E-state index >= 15 is 0 Å². The molecule has 0 atom stereocenters. The molecular formula is C88H174O10. The molecule has 8 aliphatic carbocycles. The molecule has 8 rings (SSSR count). The zero-order valence-electron chi connectivity index (χ0n) is 71.5. The molecule has 1 N–H and O–H groups in total. The van der Waals surface area contributed by atoms with E-state index in [4.69, 9.17) is 43.0 Å². The number of carboxylic acids is 1. The lowest BCUT2D eigenvalue weighted by Gasteiger charge is -2.38. The Labute approximate surface area is 611 Å². The second-order valence-corrected chi connectivity index (χ2v) is 40.8. The third kappa shape index (κ3) is 53.9. The van der Waals surface area contributed by atoms with Crippen molar-refractivity contribution >= 4 is 5.97 Å². The molecule has 10 nitrogen and oxygen atoms in total. The molecule has 0 amide bonds.